The predicted octanol–water partition coefficient (Wildman–Crippen LogP) is 3.63. The highest BCUT2D eigenvalue weighted by atomic mass is 79.9. The first kappa shape index (κ1) is 16.0. The second kappa shape index (κ2) is 5.78. The number of hydrogen-bond donors (Lipinski definition) is 2. The van der Waals surface area contributed by atoms with Gasteiger partial charge in [-0.25, -0.2) is 13.2 Å². The van der Waals surface area contributed by atoms with E-state index in [0.29, 0.717) is 5.69 Å². The topological polar surface area (TPSA) is 83.5 Å². The van der Waals surface area contributed by atoms with Crippen LogP contribution in [0.4, 0.5) is 5.69 Å². The van der Waals surface area contributed by atoms with Crippen molar-refractivity contribution in [2.24, 2.45) is 0 Å². The average Bonchev–Trinajstić information content (AvgIpc) is 2.78. The molecule has 0 bridgehead atoms. The normalized spacial score (nSPS) is 11.4. The third-order valence-electron chi connectivity index (χ3n) is 3.00. The predicted molar refractivity (Wildman–Crippen MR) is 85.7 cm³/mol. The van der Waals surface area contributed by atoms with Crippen LogP contribution in [-0.4, -0.2) is 19.5 Å². The summed E-state index contributed by atoms with van der Waals surface area (Å²) in [5.74, 6) is -1.16. The second-order valence-electron chi connectivity index (χ2n) is 4.41. The Morgan fingerprint density at radius 1 is 1.33 bits per heavy atom. The number of aromatic carboxylic acids is 1. The second-order valence-corrected chi connectivity index (χ2v) is 8.43. The molecule has 0 spiro atoms. The van der Waals surface area contributed by atoms with Crippen LogP contribution in [0.2, 0.25) is 0 Å². The molecule has 0 aliphatic rings. The smallest absolute Gasteiger partial charge is 0.345 e. The fourth-order valence-corrected chi connectivity index (χ4v) is 5.23. The first-order chi connectivity index (χ1) is 9.72. The van der Waals surface area contributed by atoms with Gasteiger partial charge in [0.15, 0.2) is 0 Å². The zero-order valence-electron chi connectivity index (χ0n) is 11.2. The van der Waals surface area contributed by atoms with Gasteiger partial charge in [-0.05, 0) is 53.0 Å². The van der Waals surface area contributed by atoms with Crippen molar-refractivity contribution in [2.75, 3.05) is 4.72 Å². The highest BCUT2D eigenvalue weighted by Gasteiger charge is 2.23. The molecule has 0 saturated heterocycles. The van der Waals surface area contributed by atoms with Crippen LogP contribution in [-0.2, 0) is 10.0 Å². The lowest BCUT2D eigenvalue weighted by molar-refractivity contribution is 0.0702. The number of carboxylic acids is 1. The molecule has 2 aromatic rings. The van der Waals surface area contributed by atoms with Crippen LogP contribution in [0.1, 0.15) is 20.8 Å². The molecule has 0 aliphatic heterocycles. The van der Waals surface area contributed by atoms with Crippen molar-refractivity contribution in [1.29, 1.82) is 0 Å². The number of carboxylic acid groups (broad SMARTS) is 1. The van der Waals surface area contributed by atoms with E-state index in [-0.39, 0.29) is 13.6 Å². The summed E-state index contributed by atoms with van der Waals surface area (Å²) in [6, 6.07) is 6.45. The minimum absolute atomic E-state index is 0.0387. The molecule has 8 heteroatoms. The molecule has 1 heterocycles. The maximum Gasteiger partial charge on any atom is 0.345 e. The Morgan fingerprint density at radius 3 is 2.57 bits per heavy atom. The third kappa shape index (κ3) is 3.28. The Bertz CT molecular complexity index is 812. The molecular formula is C13H12BrNO4S2. The van der Waals surface area contributed by atoms with Crippen molar-refractivity contribution in [1.82, 2.24) is 0 Å². The molecule has 0 saturated carbocycles. The lowest BCUT2D eigenvalue weighted by atomic mass is 10.1. The molecule has 0 aliphatic carbocycles. The zero-order chi connectivity index (χ0) is 15.8. The molecule has 0 radical (unpaired) electrons. The maximum absolute atomic E-state index is 12.4. The Labute approximate surface area is 134 Å². The van der Waals surface area contributed by atoms with Gasteiger partial charge in [-0.1, -0.05) is 12.1 Å². The van der Waals surface area contributed by atoms with Crippen LogP contribution in [0.3, 0.4) is 0 Å². The number of halogens is 1. The van der Waals surface area contributed by atoms with E-state index in [1.54, 1.807) is 12.1 Å². The van der Waals surface area contributed by atoms with E-state index in [1.807, 2.05) is 19.9 Å². The quantitative estimate of drug-likeness (QED) is 0.835. The van der Waals surface area contributed by atoms with Gasteiger partial charge in [0, 0.05) is 0 Å². The SMILES string of the molecule is Cc1cccc(NS(=O)(=O)c2cc(C(=O)O)sc2Br)c1C. The van der Waals surface area contributed by atoms with E-state index in [1.165, 1.54) is 0 Å². The lowest BCUT2D eigenvalue weighted by Gasteiger charge is -2.11. The highest BCUT2D eigenvalue weighted by Crippen LogP contribution is 2.33. The van der Waals surface area contributed by atoms with Crippen molar-refractivity contribution < 1.29 is 18.3 Å². The van der Waals surface area contributed by atoms with Crippen molar-refractivity contribution in [3.05, 3.63) is 44.1 Å². The molecular weight excluding hydrogens is 378 g/mol. The van der Waals surface area contributed by atoms with Crippen molar-refractivity contribution in [3.63, 3.8) is 0 Å². The molecule has 2 N–H and O–H groups in total. The Balaban J connectivity index is 2.43. The van der Waals surface area contributed by atoms with E-state index >= 15 is 0 Å². The molecule has 1 aromatic carbocycles. The molecule has 5 nitrogen and oxygen atoms in total. The number of hydrogen-bond acceptors (Lipinski definition) is 4. The molecule has 21 heavy (non-hydrogen) atoms. The average molecular weight is 390 g/mol. The van der Waals surface area contributed by atoms with Crippen LogP contribution >= 0.6 is 27.3 Å². The lowest BCUT2D eigenvalue weighted by Crippen LogP contribution is -2.13. The van der Waals surface area contributed by atoms with Gasteiger partial charge in [0.1, 0.15) is 9.77 Å². The van der Waals surface area contributed by atoms with Gasteiger partial charge in [0.2, 0.25) is 0 Å². The Morgan fingerprint density at radius 2 is 2.00 bits per heavy atom. The fraction of sp³-hybridized carbons (Fsp3) is 0.154. The fourth-order valence-electron chi connectivity index (χ4n) is 1.70. The standard InChI is InChI=1S/C13H12BrNO4S2/c1-7-4-3-5-9(8(7)2)15-21(18,19)11-6-10(13(16)17)20-12(11)14/h3-6,15H,1-2H3,(H,16,17). The zero-order valence-corrected chi connectivity index (χ0v) is 14.4. The Hall–Kier alpha value is -1.38. The molecule has 0 atom stereocenters. The van der Waals surface area contributed by atoms with Crippen LogP contribution in [0.15, 0.2) is 32.9 Å². The number of sulfonamides is 1. The summed E-state index contributed by atoms with van der Waals surface area (Å²) in [4.78, 5) is 10.8. The molecule has 0 amide bonds. The number of aryl methyl sites for hydroxylation is 1. The first-order valence-corrected chi connectivity index (χ1v) is 8.93. The summed E-state index contributed by atoms with van der Waals surface area (Å²) in [5, 5.41) is 8.93. The van der Waals surface area contributed by atoms with E-state index in [9.17, 15) is 13.2 Å². The number of benzene rings is 1. The summed E-state index contributed by atoms with van der Waals surface area (Å²) in [7, 11) is -3.85. The largest absolute Gasteiger partial charge is 0.477 e. The molecule has 0 unspecified atom stereocenters. The highest BCUT2D eigenvalue weighted by molar-refractivity contribution is 9.11. The number of anilines is 1. The summed E-state index contributed by atoms with van der Waals surface area (Å²) in [5.41, 5.74) is 2.27. The van der Waals surface area contributed by atoms with Gasteiger partial charge in [-0.15, -0.1) is 11.3 Å². The van der Waals surface area contributed by atoms with Crippen LogP contribution in [0.25, 0.3) is 0 Å². The molecule has 112 valence electrons. The maximum atomic E-state index is 12.4. The van der Waals surface area contributed by atoms with E-state index in [0.717, 1.165) is 28.5 Å². The van der Waals surface area contributed by atoms with Gasteiger partial charge in [0.25, 0.3) is 10.0 Å². The first-order valence-electron chi connectivity index (χ1n) is 5.84. The van der Waals surface area contributed by atoms with Gasteiger partial charge in [0.05, 0.1) is 9.47 Å². The van der Waals surface area contributed by atoms with E-state index in [4.69, 9.17) is 5.11 Å². The molecule has 2 rings (SSSR count). The van der Waals surface area contributed by atoms with E-state index in [2.05, 4.69) is 20.7 Å². The summed E-state index contributed by atoms with van der Waals surface area (Å²) >= 11 is 3.97. The summed E-state index contributed by atoms with van der Waals surface area (Å²) < 4.78 is 27.5. The van der Waals surface area contributed by atoms with Crippen LogP contribution < -0.4 is 4.72 Å². The van der Waals surface area contributed by atoms with Crippen LogP contribution in [0, 0.1) is 13.8 Å². The summed E-state index contributed by atoms with van der Waals surface area (Å²) in [6.07, 6.45) is 0. The van der Waals surface area contributed by atoms with E-state index < -0.39 is 16.0 Å². The monoisotopic (exact) mass is 389 g/mol. The van der Waals surface area contributed by atoms with Gasteiger partial charge in [-0.3, -0.25) is 4.72 Å². The van der Waals surface area contributed by atoms with Gasteiger partial charge in [-0.2, -0.15) is 0 Å². The molecule has 1 aromatic heterocycles. The van der Waals surface area contributed by atoms with Crippen molar-refractivity contribution in [2.45, 2.75) is 18.7 Å². The van der Waals surface area contributed by atoms with Crippen molar-refractivity contribution in [3.8, 4) is 0 Å². The van der Waals surface area contributed by atoms with Crippen LogP contribution in [0.5, 0.6) is 0 Å². The number of nitrogens with one attached hydrogen (secondary N) is 1. The number of thiophene rings is 1. The minimum Gasteiger partial charge on any atom is -0.477 e. The summed E-state index contributed by atoms with van der Waals surface area (Å²) in [6.45, 7) is 3.70. The Kier molecular flexibility index (Phi) is 4.40. The number of rotatable bonds is 4. The van der Waals surface area contributed by atoms with Gasteiger partial charge >= 0.3 is 5.97 Å². The van der Waals surface area contributed by atoms with Crippen molar-refractivity contribution >= 4 is 48.9 Å². The molecule has 0 fully saturated rings. The van der Waals surface area contributed by atoms with Gasteiger partial charge < -0.3 is 5.11 Å². The third-order valence-corrected chi connectivity index (χ3v) is 6.61. The number of carbonyl (C=O) groups is 1. The minimum atomic E-state index is -3.85.